The van der Waals surface area contributed by atoms with Crippen molar-refractivity contribution < 1.29 is 8.42 Å². The molecule has 0 amide bonds. The first-order valence-electron chi connectivity index (χ1n) is 4.59. The summed E-state index contributed by atoms with van der Waals surface area (Å²) in [6.45, 7) is 2.71. The van der Waals surface area contributed by atoms with Crippen molar-refractivity contribution in [3.05, 3.63) is 0 Å². The standard InChI is InChI=1S/C8H16N2O2S2/c1-7(6-14(2,11)12)10-8-9-4-3-5-13-8/h7H,3-6H2,1-2H3,(H,9,10). The summed E-state index contributed by atoms with van der Waals surface area (Å²) in [6.07, 6.45) is 2.36. The van der Waals surface area contributed by atoms with E-state index in [1.165, 1.54) is 6.26 Å². The fourth-order valence-corrected chi connectivity index (χ4v) is 3.18. The van der Waals surface area contributed by atoms with E-state index in [1.807, 2.05) is 6.92 Å². The monoisotopic (exact) mass is 236 g/mol. The van der Waals surface area contributed by atoms with Crippen LogP contribution in [0.4, 0.5) is 0 Å². The highest BCUT2D eigenvalue weighted by atomic mass is 32.2. The van der Waals surface area contributed by atoms with Gasteiger partial charge in [0.15, 0.2) is 5.17 Å². The number of sulfone groups is 1. The summed E-state index contributed by atoms with van der Waals surface area (Å²) < 4.78 is 22.0. The van der Waals surface area contributed by atoms with Gasteiger partial charge in [0.05, 0.1) is 5.75 Å². The van der Waals surface area contributed by atoms with Gasteiger partial charge < -0.3 is 5.32 Å². The van der Waals surface area contributed by atoms with Crippen molar-refractivity contribution in [1.29, 1.82) is 0 Å². The van der Waals surface area contributed by atoms with Crippen LogP contribution in [-0.2, 0) is 9.84 Å². The molecule has 1 atom stereocenters. The lowest BCUT2D eigenvalue weighted by atomic mass is 10.4. The van der Waals surface area contributed by atoms with Crippen LogP contribution in [-0.4, -0.2) is 43.9 Å². The highest BCUT2D eigenvalue weighted by Gasteiger charge is 2.13. The Morgan fingerprint density at radius 2 is 2.36 bits per heavy atom. The van der Waals surface area contributed by atoms with Gasteiger partial charge in [-0.25, -0.2) is 8.42 Å². The minimum absolute atomic E-state index is 0.0608. The van der Waals surface area contributed by atoms with Crippen molar-refractivity contribution in [1.82, 2.24) is 5.32 Å². The van der Waals surface area contributed by atoms with Gasteiger partial charge in [0.2, 0.25) is 0 Å². The smallest absolute Gasteiger partial charge is 0.156 e. The van der Waals surface area contributed by atoms with E-state index < -0.39 is 9.84 Å². The third-order valence-electron chi connectivity index (χ3n) is 1.72. The third-order valence-corrected chi connectivity index (χ3v) is 3.84. The molecule has 0 aliphatic carbocycles. The van der Waals surface area contributed by atoms with E-state index in [-0.39, 0.29) is 11.8 Å². The largest absolute Gasteiger partial charge is 0.361 e. The quantitative estimate of drug-likeness (QED) is 0.775. The van der Waals surface area contributed by atoms with Crippen LogP contribution in [0.2, 0.25) is 0 Å². The Bertz CT molecular complexity index is 311. The van der Waals surface area contributed by atoms with Gasteiger partial charge in [-0.3, -0.25) is 4.99 Å². The van der Waals surface area contributed by atoms with Crippen LogP contribution in [0.5, 0.6) is 0 Å². The van der Waals surface area contributed by atoms with Crippen LogP contribution in [0, 0.1) is 0 Å². The highest BCUT2D eigenvalue weighted by Crippen LogP contribution is 2.10. The molecule has 0 spiro atoms. The summed E-state index contributed by atoms with van der Waals surface area (Å²) in [5.41, 5.74) is 0. The van der Waals surface area contributed by atoms with Crippen LogP contribution in [0.1, 0.15) is 13.3 Å². The summed E-state index contributed by atoms with van der Waals surface area (Å²) in [4.78, 5) is 4.27. The molecule has 1 unspecified atom stereocenters. The maximum Gasteiger partial charge on any atom is 0.156 e. The van der Waals surface area contributed by atoms with E-state index in [0.29, 0.717) is 0 Å². The molecule has 1 N–H and O–H groups in total. The maximum atomic E-state index is 11.0. The Kier molecular flexibility index (Phi) is 4.25. The molecule has 82 valence electrons. The number of hydrogen-bond donors (Lipinski definition) is 1. The second-order valence-electron chi connectivity index (χ2n) is 3.53. The number of thioether (sulfide) groups is 1. The average molecular weight is 236 g/mol. The maximum absolute atomic E-state index is 11.0. The van der Waals surface area contributed by atoms with Crippen LogP contribution < -0.4 is 5.32 Å². The second kappa shape index (κ2) is 5.02. The molecule has 0 radical (unpaired) electrons. The van der Waals surface area contributed by atoms with Gasteiger partial charge >= 0.3 is 0 Å². The summed E-state index contributed by atoms with van der Waals surface area (Å²) in [6, 6.07) is -0.0608. The molecule has 4 nitrogen and oxygen atoms in total. The molecule has 6 heteroatoms. The van der Waals surface area contributed by atoms with Crippen molar-refractivity contribution in [2.75, 3.05) is 24.3 Å². The van der Waals surface area contributed by atoms with Crippen molar-refractivity contribution in [2.24, 2.45) is 4.99 Å². The van der Waals surface area contributed by atoms with Gasteiger partial charge in [0.25, 0.3) is 0 Å². The molecule has 0 fully saturated rings. The normalized spacial score (nSPS) is 20.0. The van der Waals surface area contributed by atoms with Crippen LogP contribution >= 0.6 is 11.8 Å². The first-order valence-corrected chi connectivity index (χ1v) is 7.63. The Labute approximate surface area is 89.5 Å². The molecule has 1 aliphatic heterocycles. The molecule has 14 heavy (non-hydrogen) atoms. The molecular weight excluding hydrogens is 220 g/mol. The zero-order valence-corrected chi connectivity index (χ0v) is 10.1. The number of rotatable bonds is 3. The predicted octanol–water partition coefficient (Wildman–Crippen LogP) is 0.502. The Hall–Kier alpha value is -0.230. The zero-order chi connectivity index (χ0) is 10.6. The fraction of sp³-hybridized carbons (Fsp3) is 0.875. The SMILES string of the molecule is CC(CS(C)(=O)=O)NC1=NCCCS1. The summed E-state index contributed by atoms with van der Waals surface area (Å²) >= 11 is 1.66. The summed E-state index contributed by atoms with van der Waals surface area (Å²) in [5, 5.41) is 3.99. The lowest BCUT2D eigenvalue weighted by Gasteiger charge is -2.17. The first kappa shape index (κ1) is 11.8. The van der Waals surface area contributed by atoms with E-state index in [1.54, 1.807) is 11.8 Å². The van der Waals surface area contributed by atoms with E-state index in [0.717, 1.165) is 23.9 Å². The number of nitrogens with one attached hydrogen (secondary N) is 1. The lowest BCUT2D eigenvalue weighted by Crippen LogP contribution is -2.37. The predicted molar refractivity (Wildman–Crippen MR) is 61.7 cm³/mol. The van der Waals surface area contributed by atoms with Gasteiger partial charge in [-0.15, -0.1) is 0 Å². The van der Waals surface area contributed by atoms with Crippen LogP contribution in [0.3, 0.4) is 0 Å². The van der Waals surface area contributed by atoms with Gasteiger partial charge in [-0.05, 0) is 13.3 Å². The fourth-order valence-electron chi connectivity index (χ4n) is 1.25. The molecule has 1 aliphatic rings. The van der Waals surface area contributed by atoms with Gasteiger partial charge in [-0.2, -0.15) is 0 Å². The van der Waals surface area contributed by atoms with E-state index in [9.17, 15) is 8.42 Å². The summed E-state index contributed by atoms with van der Waals surface area (Å²) in [5.74, 6) is 1.23. The molecule has 0 saturated heterocycles. The van der Waals surface area contributed by atoms with Crippen LogP contribution in [0.15, 0.2) is 4.99 Å². The molecule has 0 aromatic heterocycles. The minimum atomic E-state index is -2.90. The lowest BCUT2D eigenvalue weighted by molar-refractivity contribution is 0.591. The van der Waals surface area contributed by atoms with E-state index in [4.69, 9.17) is 0 Å². The summed E-state index contributed by atoms with van der Waals surface area (Å²) in [7, 11) is -2.90. The Morgan fingerprint density at radius 3 is 2.86 bits per heavy atom. The second-order valence-corrected chi connectivity index (χ2v) is 6.80. The highest BCUT2D eigenvalue weighted by molar-refractivity contribution is 8.13. The van der Waals surface area contributed by atoms with Gasteiger partial charge in [-0.1, -0.05) is 11.8 Å². The average Bonchev–Trinajstić information content (AvgIpc) is 2.02. The zero-order valence-electron chi connectivity index (χ0n) is 8.49. The van der Waals surface area contributed by atoms with Crippen molar-refractivity contribution in [3.8, 4) is 0 Å². The number of hydrogen-bond acceptors (Lipinski definition) is 5. The topological polar surface area (TPSA) is 58.5 Å². The van der Waals surface area contributed by atoms with Crippen molar-refractivity contribution >= 4 is 26.8 Å². The third kappa shape index (κ3) is 4.85. The minimum Gasteiger partial charge on any atom is -0.361 e. The first-order chi connectivity index (χ1) is 6.47. The molecule has 1 rings (SSSR count). The Morgan fingerprint density at radius 1 is 1.64 bits per heavy atom. The van der Waals surface area contributed by atoms with E-state index in [2.05, 4.69) is 10.3 Å². The molecular formula is C8H16N2O2S2. The Balaban J connectivity index is 2.40. The molecule has 0 aromatic carbocycles. The van der Waals surface area contributed by atoms with Gasteiger partial charge in [0.1, 0.15) is 9.84 Å². The molecule has 0 aromatic rings. The number of nitrogens with zero attached hydrogens (tertiary/aromatic N) is 1. The van der Waals surface area contributed by atoms with Crippen molar-refractivity contribution in [2.45, 2.75) is 19.4 Å². The van der Waals surface area contributed by atoms with Gasteiger partial charge in [0, 0.05) is 24.6 Å². The number of aliphatic imine (C=N–C) groups is 1. The molecule has 0 saturated carbocycles. The van der Waals surface area contributed by atoms with Crippen molar-refractivity contribution in [3.63, 3.8) is 0 Å². The number of amidine groups is 1. The molecule has 0 bridgehead atoms. The molecule has 1 heterocycles. The van der Waals surface area contributed by atoms with E-state index >= 15 is 0 Å². The van der Waals surface area contributed by atoms with Crippen LogP contribution in [0.25, 0.3) is 0 Å².